The summed E-state index contributed by atoms with van der Waals surface area (Å²) < 4.78 is 86.2. The van der Waals surface area contributed by atoms with Crippen LogP contribution in [0, 0.1) is 0 Å². The van der Waals surface area contributed by atoms with Crippen LogP contribution < -0.4 is 16.2 Å². The highest BCUT2D eigenvalue weighted by atomic mass is 35.5. The third kappa shape index (κ3) is 11.0. The zero-order chi connectivity index (χ0) is 28.1. The number of ether oxygens (including phenoxy) is 1. The van der Waals surface area contributed by atoms with Crippen molar-refractivity contribution in [3.05, 3.63) is 77.9 Å². The molecule has 0 aromatic heterocycles. The molecule has 0 fully saturated rings. The van der Waals surface area contributed by atoms with Gasteiger partial charge in [-0.25, -0.2) is 0 Å². The van der Waals surface area contributed by atoms with E-state index in [0.717, 1.165) is 37.2 Å². The molecule has 4 N–H and O–H groups in total. The van der Waals surface area contributed by atoms with Crippen molar-refractivity contribution in [1.29, 1.82) is 0 Å². The molecule has 3 aromatic rings. The van der Waals surface area contributed by atoms with Crippen LogP contribution in [0.5, 0.6) is 5.75 Å². The summed E-state index contributed by atoms with van der Waals surface area (Å²) in [6.45, 7) is 3.34. The van der Waals surface area contributed by atoms with Gasteiger partial charge >= 0.3 is 12.4 Å². The predicted octanol–water partition coefficient (Wildman–Crippen LogP) is 7.54. The Morgan fingerprint density at radius 1 is 0.676 bits per heavy atom. The van der Waals surface area contributed by atoms with Crippen molar-refractivity contribution in [2.45, 2.75) is 25.7 Å². The second kappa shape index (κ2) is 15.5. The molecule has 0 aliphatic carbocycles. The average molecular weight is 551 g/mol. The Morgan fingerprint density at radius 3 is 1.30 bits per heavy atom. The normalized spacial score (nSPS) is 11.1. The number of hydrogen-bond acceptors (Lipinski definition) is 4. The topological polar surface area (TPSA) is 70.5 Å². The minimum atomic E-state index is -4.45. The smallest absolute Gasteiger partial charge is 0.416 e. The van der Waals surface area contributed by atoms with Crippen molar-refractivity contribution in [3.8, 4) is 28.0 Å². The summed E-state index contributed by atoms with van der Waals surface area (Å²) in [4.78, 5) is 0. The molecule has 3 aromatic carbocycles. The van der Waals surface area contributed by atoms with E-state index in [-0.39, 0.29) is 13.2 Å². The van der Waals surface area contributed by atoms with Gasteiger partial charge in [0.25, 0.3) is 0 Å². The van der Waals surface area contributed by atoms with Crippen LogP contribution in [0.2, 0.25) is 0 Å². The summed E-state index contributed by atoms with van der Waals surface area (Å²) in [6.07, 6.45) is -7.80. The molecule has 11 heteroatoms. The predicted molar refractivity (Wildman–Crippen MR) is 134 cm³/mol. The van der Waals surface area contributed by atoms with Crippen LogP contribution in [0.15, 0.2) is 66.7 Å². The van der Waals surface area contributed by atoms with Crippen LogP contribution in [0.1, 0.15) is 24.5 Å². The van der Waals surface area contributed by atoms with E-state index in [2.05, 4.69) is 23.1 Å². The van der Waals surface area contributed by atoms with Crippen molar-refractivity contribution in [2.24, 2.45) is 11.5 Å². The van der Waals surface area contributed by atoms with Crippen molar-refractivity contribution < 1.29 is 35.4 Å². The van der Waals surface area contributed by atoms with Crippen molar-refractivity contribution in [2.75, 3.05) is 26.8 Å². The molecule has 0 radical (unpaired) electrons. The van der Waals surface area contributed by atoms with Crippen LogP contribution in [0.4, 0.5) is 26.3 Å². The molecule has 0 unspecified atom stereocenters. The number of nitrogens with two attached hydrogens (primary N) is 2. The number of halogens is 7. The van der Waals surface area contributed by atoms with Gasteiger partial charge in [0.15, 0.2) is 0 Å². The summed E-state index contributed by atoms with van der Waals surface area (Å²) in [5.74, 6) is 0.410. The molecule has 37 heavy (non-hydrogen) atoms. The molecule has 0 bridgehead atoms. The second-order valence-electron chi connectivity index (χ2n) is 7.48. The van der Waals surface area contributed by atoms with Crippen LogP contribution in [0.3, 0.4) is 0 Å². The van der Waals surface area contributed by atoms with Crippen molar-refractivity contribution in [3.63, 3.8) is 0 Å². The molecule has 0 amide bonds. The molecular weight excluding hydrogens is 522 g/mol. The first kappa shape index (κ1) is 32.2. The Kier molecular flexibility index (Phi) is 13.5. The molecule has 4 nitrogen and oxygen atoms in total. The standard InChI is InChI=1S/C22H17F6NO.C3H9N.CH3ClO/c23-21(24,25)18-5-1-14(2-6-18)16-11-17(13-20(12-16)30-10-9-29)15-3-7-19(8-4-15)22(26,27)28;1-2-3-4;1-3-2/h1-8,11-13H,9-10,29H2;2-4H2,1H3;1H3. The lowest BCUT2D eigenvalue weighted by atomic mass is 9.97. The van der Waals surface area contributed by atoms with E-state index in [1.54, 1.807) is 18.2 Å². The van der Waals surface area contributed by atoms with Crippen LogP contribution in [-0.4, -0.2) is 26.8 Å². The number of rotatable bonds is 6. The zero-order valence-electron chi connectivity index (χ0n) is 20.3. The fourth-order valence-electron chi connectivity index (χ4n) is 2.90. The Morgan fingerprint density at radius 2 is 1.03 bits per heavy atom. The van der Waals surface area contributed by atoms with Crippen LogP contribution in [0.25, 0.3) is 22.3 Å². The zero-order valence-corrected chi connectivity index (χ0v) is 21.1. The SMILES string of the molecule is CCCN.COCl.NCCOc1cc(-c2ccc(C(F)(F)F)cc2)cc(-c2ccc(C(F)(F)F)cc2)c1. The number of hydrogen-bond donors (Lipinski definition) is 2. The first-order valence-corrected chi connectivity index (χ1v) is 11.4. The van der Waals surface area contributed by atoms with Gasteiger partial charge in [0.2, 0.25) is 0 Å². The second-order valence-corrected chi connectivity index (χ2v) is 7.79. The van der Waals surface area contributed by atoms with Gasteiger partial charge in [-0.15, -0.1) is 0 Å². The summed E-state index contributed by atoms with van der Waals surface area (Å²) in [5, 5.41) is 0. The summed E-state index contributed by atoms with van der Waals surface area (Å²) >= 11 is 4.50. The van der Waals surface area contributed by atoms with E-state index in [9.17, 15) is 26.3 Å². The lowest BCUT2D eigenvalue weighted by molar-refractivity contribution is -0.138. The summed E-state index contributed by atoms with van der Waals surface area (Å²) in [7, 11) is 1.39. The lowest BCUT2D eigenvalue weighted by Gasteiger charge is -2.13. The van der Waals surface area contributed by atoms with E-state index in [1.807, 2.05) is 0 Å². The Labute approximate surface area is 217 Å². The Bertz CT molecular complexity index is 979. The first-order valence-electron chi connectivity index (χ1n) is 11.1. The third-order valence-corrected chi connectivity index (χ3v) is 4.67. The maximum atomic E-state index is 12.8. The van der Waals surface area contributed by atoms with Crippen LogP contribution in [-0.2, 0) is 16.6 Å². The molecular formula is C26H29ClF6N2O2. The van der Waals surface area contributed by atoms with E-state index in [1.165, 1.54) is 31.4 Å². The van der Waals surface area contributed by atoms with E-state index >= 15 is 0 Å². The monoisotopic (exact) mass is 550 g/mol. The Hall–Kier alpha value is -2.79. The summed E-state index contributed by atoms with van der Waals surface area (Å²) in [6, 6.07) is 14.2. The van der Waals surface area contributed by atoms with Crippen LogP contribution >= 0.6 is 11.9 Å². The lowest BCUT2D eigenvalue weighted by Crippen LogP contribution is -2.10. The molecule has 0 heterocycles. The molecule has 0 atom stereocenters. The van der Waals surface area contributed by atoms with Gasteiger partial charge in [0.05, 0.1) is 30.1 Å². The largest absolute Gasteiger partial charge is 0.492 e. The highest BCUT2D eigenvalue weighted by molar-refractivity contribution is 6.07. The maximum Gasteiger partial charge on any atom is 0.416 e. The van der Waals surface area contributed by atoms with Crippen molar-refractivity contribution >= 4 is 11.9 Å². The molecule has 0 saturated heterocycles. The highest BCUT2D eigenvalue weighted by Gasteiger charge is 2.30. The van der Waals surface area contributed by atoms with Gasteiger partial charge in [-0.05, 0) is 77.7 Å². The molecule has 3 rings (SSSR count). The Balaban J connectivity index is 0.000000873. The van der Waals surface area contributed by atoms with Gasteiger partial charge in [-0.2, -0.15) is 26.3 Å². The minimum Gasteiger partial charge on any atom is -0.492 e. The van der Waals surface area contributed by atoms with Gasteiger partial charge < -0.3 is 16.2 Å². The minimum absolute atomic E-state index is 0.211. The molecule has 204 valence electrons. The van der Waals surface area contributed by atoms with E-state index < -0.39 is 23.5 Å². The summed E-state index contributed by atoms with van der Waals surface area (Å²) in [5.41, 5.74) is 11.1. The third-order valence-electron chi connectivity index (χ3n) is 4.67. The van der Waals surface area contributed by atoms with Crippen molar-refractivity contribution in [1.82, 2.24) is 0 Å². The number of benzene rings is 3. The molecule has 0 aliphatic rings. The van der Waals surface area contributed by atoms with E-state index in [0.29, 0.717) is 28.0 Å². The van der Waals surface area contributed by atoms with Gasteiger partial charge in [0, 0.05) is 6.54 Å². The fourth-order valence-corrected chi connectivity index (χ4v) is 2.90. The average Bonchev–Trinajstić information content (AvgIpc) is 2.87. The maximum absolute atomic E-state index is 12.8. The quantitative estimate of drug-likeness (QED) is 0.311. The number of alkyl halides is 6. The molecule has 0 saturated carbocycles. The first-order chi connectivity index (χ1) is 17.4. The van der Waals surface area contributed by atoms with E-state index in [4.69, 9.17) is 16.2 Å². The molecule has 0 spiro atoms. The molecule has 0 aliphatic heterocycles. The van der Waals surface area contributed by atoms with Gasteiger partial charge in [-0.1, -0.05) is 31.2 Å². The highest BCUT2D eigenvalue weighted by Crippen LogP contribution is 2.36. The van der Waals surface area contributed by atoms with Gasteiger partial charge in [0.1, 0.15) is 12.4 Å². The van der Waals surface area contributed by atoms with Gasteiger partial charge in [-0.3, -0.25) is 4.29 Å². The fraction of sp³-hybridized carbons (Fsp3) is 0.308.